The zero-order valence-corrected chi connectivity index (χ0v) is 5.98. The summed E-state index contributed by atoms with van der Waals surface area (Å²) in [7, 11) is 0. The van der Waals surface area contributed by atoms with E-state index in [0.717, 1.165) is 11.8 Å². The molecule has 2 atom stereocenters. The van der Waals surface area contributed by atoms with E-state index in [1.165, 1.54) is 25.7 Å². The fraction of sp³-hybridized carbons (Fsp3) is 1.00. The molecule has 2 unspecified atom stereocenters. The van der Waals surface area contributed by atoms with Gasteiger partial charge in [-0.25, -0.2) is 0 Å². The van der Waals surface area contributed by atoms with Gasteiger partial charge in [0, 0.05) is 0 Å². The number of hydrogen-bond donors (Lipinski definition) is 0. The monoisotopic (exact) mass is 112 g/mol. The predicted octanol–water partition coefficient (Wildman–Crippen LogP) is 2.83. The van der Waals surface area contributed by atoms with E-state index in [9.17, 15) is 0 Å². The lowest BCUT2D eigenvalue weighted by molar-refractivity contribution is 0.621. The Morgan fingerprint density at radius 2 is 2.00 bits per heavy atom. The molecule has 1 aliphatic carbocycles. The molecular formula is C8H16. The molecule has 0 aromatic heterocycles. The van der Waals surface area contributed by atoms with Gasteiger partial charge in [0.1, 0.15) is 0 Å². The van der Waals surface area contributed by atoms with Gasteiger partial charge in [-0.15, -0.1) is 0 Å². The molecule has 0 saturated heterocycles. The van der Waals surface area contributed by atoms with Crippen molar-refractivity contribution in [3.8, 4) is 0 Å². The van der Waals surface area contributed by atoms with Crippen molar-refractivity contribution in [2.75, 3.05) is 0 Å². The average Bonchev–Trinajstić information content (AvgIpc) is 2.48. The SMILES string of the molecule is CCCC1CC1CC. The van der Waals surface area contributed by atoms with E-state index in [1.54, 1.807) is 0 Å². The van der Waals surface area contributed by atoms with Gasteiger partial charge in [0.15, 0.2) is 0 Å². The standard InChI is InChI=1S/C8H16/c1-3-5-8-6-7(8)4-2/h7-8H,3-6H2,1-2H3. The Morgan fingerprint density at radius 3 is 2.38 bits per heavy atom. The smallest absolute Gasteiger partial charge is 0.0383 e. The Hall–Kier alpha value is 0. The molecule has 0 N–H and O–H groups in total. The first-order valence-electron chi connectivity index (χ1n) is 3.88. The summed E-state index contributed by atoms with van der Waals surface area (Å²) in [6.45, 7) is 4.59. The Bertz CT molecular complexity index is 66.4. The Morgan fingerprint density at radius 1 is 1.25 bits per heavy atom. The van der Waals surface area contributed by atoms with E-state index in [0.29, 0.717) is 0 Å². The van der Waals surface area contributed by atoms with Gasteiger partial charge in [-0.2, -0.15) is 0 Å². The van der Waals surface area contributed by atoms with Gasteiger partial charge < -0.3 is 0 Å². The summed E-state index contributed by atoms with van der Waals surface area (Å²) in [5.41, 5.74) is 0. The number of rotatable bonds is 3. The lowest BCUT2D eigenvalue weighted by Crippen LogP contribution is -1.77. The largest absolute Gasteiger partial charge is 0.0654 e. The van der Waals surface area contributed by atoms with Crippen LogP contribution in [0.25, 0.3) is 0 Å². The quantitative estimate of drug-likeness (QED) is 0.526. The second-order valence-corrected chi connectivity index (χ2v) is 2.95. The van der Waals surface area contributed by atoms with Gasteiger partial charge in [0.2, 0.25) is 0 Å². The third-order valence-electron chi connectivity index (χ3n) is 2.25. The molecule has 0 spiro atoms. The summed E-state index contributed by atoms with van der Waals surface area (Å²) in [6.07, 6.45) is 5.83. The first kappa shape index (κ1) is 6.12. The van der Waals surface area contributed by atoms with Crippen LogP contribution >= 0.6 is 0 Å². The lowest BCUT2D eigenvalue weighted by Gasteiger charge is -1.90. The van der Waals surface area contributed by atoms with Crippen molar-refractivity contribution in [2.45, 2.75) is 39.5 Å². The van der Waals surface area contributed by atoms with Crippen molar-refractivity contribution in [1.29, 1.82) is 0 Å². The molecule has 1 aliphatic rings. The minimum atomic E-state index is 1.12. The van der Waals surface area contributed by atoms with E-state index in [2.05, 4.69) is 13.8 Å². The summed E-state index contributed by atoms with van der Waals surface area (Å²) in [5.74, 6) is 2.25. The highest BCUT2D eigenvalue weighted by Crippen LogP contribution is 2.43. The van der Waals surface area contributed by atoms with Crippen LogP contribution in [0.15, 0.2) is 0 Å². The molecule has 0 aliphatic heterocycles. The maximum Gasteiger partial charge on any atom is -0.0383 e. The molecule has 0 radical (unpaired) electrons. The van der Waals surface area contributed by atoms with Crippen LogP contribution in [-0.4, -0.2) is 0 Å². The summed E-state index contributed by atoms with van der Waals surface area (Å²) >= 11 is 0. The summed E-state index contributed by atoms with van der Waals surface area (Å²) in [4.78, 5) is 0. The maximum absolute atomic E-state index is 2.31. The van der Waals surface area contributed by atoms with Gasteiger partial charge in [-0.05, 0) is 18.3 Å². The molecule has 1 fully saturated rings. The van der Waals surface area contributed by atoms with E-state index < -0.39 is 0 Å². The van der Waals surface area contributed by atoms with E-state index >= 15 is 0 Å². The molecule has 0 heteroatoms. The highest BCUT2D eigenvalue weighted by Gasteiger charge is 2.33. The summed E-state index contributed by atoms with van der Waals surface area (Å²) in [5, 5.41) is 0. The third kappa shape index (κ3) is 1.24. The normalized spacial score (nSPS) is 35.2. The maximum atomic E-state index is 2.31. The molecule has 0 nitrogen and oxygen atoms in total. The second-order valence-electron chi connectivity index (χ2n) is 2.95. The van der Waals surface area contributed by atoms with Gasteiger partial charge >= 0.3 is 0 Å². The molecule has 0 bridgehead atoms. The Labute approximate surface area is 52.3 Å². The van der Waals surface area contributed by atoms with Gasteiger partial charge in [-0.3, -0.25) is 0 Å². The van der Waals surface area contributed by atoms with Gasteiger partial charge in [0.25, 0.3) is 0 Å². The van der Waals surface area contributed by atoms with Crippen molar-refractivity contribution in [2.24, 2.45) is 11.8 Å². The predicted molar refractivity (Wildman–Crippen MR) is 36.8 cm³/mol. The molecular weight excluding hydrogens is 96.1 g/mol. The topological polar surface area (TPSA) is 0 Å². The van der Waals surface area contributed by atoms with Crippen LogP contribution in [0.5, 0.6) is 0 Å². The molecule has 0 heterocycles. The van der Waals surface area contributed by atoms with Gasteiger partial charge in [-0.1, -0.05) is 33.1 Å². The highest BCUT2D eigenvalue weighted by molar-refractivity contribution is 4.83. The van der Waals surface area contributed by atoms with Crippen LogP contribution in [0.4, 0.5) is 0 Å². The molecule has 0 aromatic rings. The van der Waals surface area contributed by atoms with E-state index in [1.807, 2.05) is 0 Å². The van der Waals surface area contributed by atoms with E-state index in [4.69, 9.17) is 0 Å². The van der Waals surface area contributed by atoms with Crippen LogP contribution in [-0.2, 0) is 0 Å². The molecule has 1 saturated carbocycles. The average molecular weight is 112 g/mol. The van der Waals surface area contributed by atoms with Crippen molar-refractivity contribution in [3.63, 3.8) is 0 Å². The van der Waals surface area contributed by atoms with Crippen LogP contribution in [0, 0.1) is 11.8 Å². The molecule has 0 aromatic carbocycles. The molecule has 1 rings (SSSR count). The van der Waals surface area contributed by atoms with Crippen LogP contribution < -0.4 is 0 Å². The minimum absolute atomic E-state index is 1.12. The Kier molecular flexibility index (Phi) is 1.93. The minimum Gasteiger partial charge on any atom is -0.0654 e. The fourth-order valence-corrected chi connectivity index (χ4v) is 1.53. The molecule has 0 amide bonds. The lowest BCUT2D eigenvalue weighted by atomic mass is 10.2. The van der Waals surface area contributed by atoms with Crippen molar-refractivity contribution < 1.29 is 0 Å². The highest BCUT2D eigenvalue weighted by atomic mass is 14.4. The van der Waals surface area contributed by atoms with Gasteiger partial charge in [0.05, 0.1) is 0 Å². The molecule has 48 valence electrons. The van der Waals surface area contributed by atoms with Crippen LogP contribution in [0.3, 0.4) is 0 Å². The van der Waals surface area contributed by atoms with Crippen molar-refractivity contribution >= 4 is 0 Å². The van der Waals surface area contributed by atoms with Crippen LogP contribution in [0.2, 0.25) is 0 Å². The fourth-order valence-electron chi connectivity index (χ4n) is 1.53. The zero-order chi connectivity index (χ0) is 5.98. The van der Waals surface area contributed by atoms with Crippen molar-refractivity contribution in [1.82, 2.24) is 0 Å². The molecule has 8 heavy (non-hydrogen) atoms. The first-order valence-corrected chi connectivity index (χ1v) is 3.88. The van der Waals surface area contributed by atoms with Crippen LogP contribution in [0.1, 0.15) is 39.5 Å². The van der Waals surface area contributed by atoms with Crippen molar-refractivity contribution in [3.05, 3.63) is 0 Å². The zero-order valence-electron chi connectivity index (χ0n) is 5.98. The first-order chi connectivity index (χ1) is 3.88. The number of hydrogen-bond acceptors (Lipinski definition) is 0. The second kappa shape index (κ2) is 2.52. The summed E-state index contributed by atoms with van der Waals surface area (Å²) in [6, 6.07) is 0. The Balaban J connectivity index is 1.99. The third-order valence-corrected chi connectivity index (χ3v) is 2.25. The van der Waals surface area contributed by atoms with E-state index in [-0.39, 0.29) is 0 Å². The summed E-state index contributed by atoms with van der Waals surface area (Å²) < 4.78 is 0.